The van der Waals surface area contributed by atoms with E-state index in [9.17, 15) is 4.79 Å². The monoisotopic (exact) mass is 344 g/mol. The Bertz CT molecular complexity index is 757. The maximum Gasteiger partial charge on any atom is 0.259 e. The van der Waals surface area contributed by atoms with Gasteiger partial charge in [-0.05, 0) is 56.9 Å². The van der Waals surface area contributed by atoms with Crippen LogP contribution < -0.4 is 10.2 Å². The number of halogens is 1. The van der Waals surface area contributed by atoms with E-state index in [1.807, 2.05) is 19.9 Å². The number of hydrogen-bond acceptors (Lipinski definition) is 4. The molecule has 3 rings (SSSR count). The lowest BCUT2D eigenvalue weighted by atomic mass is 10.1. The van der Waals surface area contributed by atoms with Gasteiger partial charge in [0, 0.05) is 30.0 Å². The molecular formula is C18H21ClN4O. The summed E-state index contributed by atoms with van der Waals surface area (Å²) in [5, 5.41) is 3.55. The van der Waals surface area contributed by atoms with Crippen LogP contribution in [0.5, 0.6) is 0 Å². The standard InChI is InChI=1S/C18H21ClN4O/c1-12-10-14(19)6-7-16(12)22-17(24)15-11-20-18(21-13(15)2)23-8-4-3-5-9-23/h6-7,10-11H,3-5,8-9H2,1-2H3,(H,22,24). The fourth-order valence-corrected chi connectivity index (χ4v) is 3.11. The highest BCUT2D eigenvalue weighted by atomic mass is 35.5. The van der Waals surface area contributed by atoms with Gasteiger partial charge in [0.25, 0.3) is 5.91 Å². The molecule has 0 radical (unpaired) electrons. The highest BCUT2D eigenvalue weighted by Crippen LogP contribution is 2.21. The highest BCUT2D eigenvalue weighted by molar-refractivity contribution is 6.30. The number of amides is 1. The summed E-state index contributed by atoms with van der Waals surface area (Å²) in [7, 11) is 0. The molecule has 0 bridgehead atoms. The van der Waals surface area contributed by atoms with E-state index in [4.69, 9.17) is 11.6 Å². The summed E-state index contributed by atoms with van der Waals surface area (Å²) in [6, 6.07) is 5.38. The molecule has 1 aromatic carbocycles. The minimum Gasteiger partial charge on any atom is -0.341 e. The number of hydrogen-bond donors (Lipinski definition) is 1. The molecule has 2 heterocycles. The third-order valence-corrected chi connectivity index (χ3v) is 4.52. The number of carbonyl (C=O) groups excluding carboxylic acids is 1. The predicted molar refractivity (Wildman–Crippen MR) is 97.0 cm³/mol. The van der Waals surface area contributed by atoms with E-state index in [0.29, 0.717) is 22.2 Å². The average Bonchev–Trinajstić information content (AvgIpc) is 2.58. The summed E-state index contributed by atoms with van der Waals surface area (Å²) in [6.45, 7) is 5.72. The first-order valence-corrected chi connectivity index (χ1v) is 8.58. The Morgan fingerprint density at radius 2 is 1.96 bits per heavy atom. The third-order valence-electron chi connectivity index (χ3n) is 4.29. The van der Waals surface area contributed by atoms with Crippen LogP contribution in [0, 0.1) is 13.8 Å². The van der Waals surface area contributed by atoms with Crippen molar-refractivity contribution in [3.05, 3.63) is 46.2 Å². The first-order chi connectivity index (χ1) is 11.5. The first kappa shape index (κ1) is 16.7. The van der Waals surface area contributed by atoms with Crippen LogP contribution in [-0.2, 0) is 0 Å². The van der Waals surface area contributed by atoms with Crippen LogP contribution in [0.1, 0.15) is 40.9 Å². The smallest absolute Gasteiger partial charge is 0.259 e. The lowest BCUT2D eigenvalue weighted by molar-refractivity contribution is 0.102. The Morgan fingerprint density at radius 1 is 1.21 bits per heavy atom. The number of nitrogens with zero attached hydrogens (tertiary/aromatic N) is 3. The molecule has 0 saturated carbocycles. The van der Waals surface area contributed by atoms with Crippen molar-refractivity contribution in [2.75, 3.05) is 23.3 Å². The predicted octanol–water partition coefficient (Wildman–Crippen LogP) is 3.99. The number of carbonyl (C=O) groups is 1. The minimum atomic E-state index is -0.205. The first-order valence-electron chi connectivity index (χ1n) is 8.20. The molecular weight excluding hydrogens is 324 g/mol. The zero-order valence-electron chi connectivity index (χ0n) is 14.0. The van der Waals surface area contributed by atoms with Crippen LogP contribution >= 0.6 is 11.6 Å². The molecule has 6 heteroatoms. The molecule has 1 aliphatic heterocycles. The number of nitrogens with one attached hydrogen (secondary N) is 1. The molecule has 24 heavy (non-hydrogen) atoms. The number of aromatic nitrogens is 2. The molecule has 1 aliphatic rings. The van der Waals surface area contributed by atoms with Gasteiger partial charge in [0.2, 0.25) is 5.95 Å². The molecule has 0 atom stereocenters. The van der Waals surface area contributed by atoms with Crippen molar-refractivity contribution in [2.24, 2.45) is 0 Å². The molecule has 126 valence electrons. The van der Waals surface area contributed by atoms with Gasteiger partial charge in [-0.3, -0.25) is 4.79 Å². The van der Waals surface area contributed by atoms with Crippen LogP contribution in [-0.4, -0.2) is 29.0 Å². The van der Waals surface area contributed by atoms with Gasteiger partial charge in [-0.15, -0.1) is 0 Å². The van der Waals surface area contributed by atoms with Crippen molar-refractivity contribution in [1.29, 1.82) is 0 Å². The lowest BCUT2D eigenvalue weighted by Gasteiger charge is -2.26. The largest absolute Gasteiger partial charge is 0.341 e. The summed E-state index contributed by atoms with van der Waals surface area (Å²) in [5.74, 6) is 0.509. The Kier molecular flexibility index (Phi) is 5.00. The normalized spacial score (nSPS) is 14.5. The van der Waals surface area contributed by atoms with Crippen molar-refractivity contribution in [3.63, 3.8) is 0 Å². The average molecular weight is 345 g/mol. The summed E-state index contributed by atoms with van der Waals surface area (Å²) < 4.78 is 0. The Hall–Kier alpha value is -2.14. The molecule has 5 nitrogen and oxygen atoms in total. The molecule has 1 amide bonds. The second-order valence-electron chi connectivity index (χ2n) is 6.13. The van der Waals surface area contributed by atoms with Crippen molar-refractivity contribution < 1.29 is 4.79 Å². The second kappa shape index (κ2) is 7.18. The molecule has 1 fully saturated rings. The topological polar surface area (TPSA) is 58.1 Å². The van der Waals surface area contributed by atoms with Crippen molar-refractivity contribution in [3.8, 4) is 0 Å². The molecule has 0 unspecified atom stereocenters. The number of piperidine rings is 1. The maximum atomic E-state index is 12.5. The Balaban J connectivity index is 1.77. The van der Waals surface area contributed by atoms with Crippen molar-refractivity contribution in [2.45, 2.75) is 33.1 Å². The van der Waals surface area contributed by atoms with Gasteiger partial charge in [0.05, 0.1) is 11.3 Å². The lowest BCUT2D eigenvalue weighted by Crippen LogP contribution is -2.31. The van der Waals surface area contributed by atoms with E-state index in [1.54, 1.807) is 18.3 Å². The van der Waals surface area contributed by atoms with Gasteiger partial charge in [-0.1, -0.05) is 11.6 Å². The fourth-order valence-electron chi connectivity index (χ4n) is 2.88. The van der Waals surface area contributed by atoms with Crippen LogP contribution in [0.25, 0.3) is 0 Å². The van der Waals surface area contributed by atoms with Gasteiger partial charge in [0.15, 0.2) is 0 Å². The zero-order chi connectivity index (χ0) is 17.1. The Morgan fingerprint density at radius 3 is 2.62 bits per heavy atom. The number of aryl methyl sites for hydroxylation is 2. The van der Waals surface area contributed by atoms with E-state index in [1.165, 1.54) is 19.3 Å². The minimum absolute atomic E-state index is 0.205. The highest BCUT2D eigenvalue weighted by Gasteiger charge is 2.17. The van der Waals surface area contributed by atoms with E-state index in [-0.39, 0.29) is 5.91 Å². The van der Waals surface area contributed by atoms with E-state index >= 15 is 0 Å². The molecule has 1 N–H and O–H groups in total. The third kappa shape index (κ3) is 3.67. The molecule has 1 saturated heterocycles. The summed E-state index contributed by atoms with van der Waals surface area (Å²) in [4.78, 5) is 23.6. The van der Waals surface area contributed by atoms with Crippen molar-refractivity contribution in [1.82, 2.24) is 9.97 Å². The number of anilines is 2. The van der Waals surface area contributed by atoms with Crippen LogP contribution in [0.4, 0.5) is 11.6 Å². The van der Waals surface area contributed by atoms with Crippen LogP contribution in [0.2, 0.25) is 5.02 Å². The van der Waals surface area contributed by atoms with E-state index in [2.05, 4.69) is 20.2 Å². The molecule has 0 aliphatic carbocycles. The molecule has 0 spiro atoms. The maximum absolute atomic E-state index is 12.5. The van der Waals surface area contributed by atoms with E-state index in [0.717, 1.165) is 24.3 Å². The quantitative estimate of drug-likeness (QED) is 0.914. The summed E-state index contributed by atoms with van der Waals surface area (Å²) in [5.41, 5.74) is 2.84. The fraction of sp³-hybridized carbons (Fsp3) is 0.389. The number of rotatable bonds is 3. The Labute approximate surface area is 147 Å². The summed E-state index contributed by atoms with van der Waals surface area (Å²) >= 11 is 5.95. The van der Waals surface area contributed by atoms with Gasteiger partial charge in [0.1, 0.15) is 0 Å². The SMILES string of the molecule is Cc1cc(Cl)ccc1NC(=O)c1cnc(N2CCCCC2)nc1C. The van der Waals surface area contributed by atoms with Crippen LogP contribution in [0.15, 0.2) is 24.4 Å². The number of benzene rings is 1. The van der Waals surface area contributed by atoms with Crippen LogP contribution in [0.3, 0.4) is 0 Å². The van der Waals surface area contributed by atoms with E-state index < -0.39 is 0 Å². The van der Waals surface area contributed by atoms with Crippen molar-refractivity contribution >= 4 is 29.1 Å². The van der Waals surface area contributed by atoms with Gasteiger partial charge in [-0.25, -0.2) is 9.97 Å². The van der Waals surface area contributed by atoms with Gasteiger partial charge >= 0.3 is 0 Å². The zero-order valence-corrected chi connectivity index (χ0v) is 14.7. The second-order valence-corrected chi connectivity index (χ2v) is 6.57. The molecule has 1 aromatic heterocycles. The summed E-state index contributed by atoms with van der Waals surface area (Å²) in [6.07, 6.45) is 5.21. The van der Waals surface area contributed by atoms with Gasteiger partial charge in [-0.2, -0.15) is 0 Å². The molecule has 2 aromatic rings. The van der Waals surface area contributed by atoms with Gasteiger partial charge < -0.3 is 10.2 Å².